The van der Waals surface area contributed by atoms with Crippen molar-refractivity contribution in [3.63, 3.8) is 0 Å². The molecular formula is C15H22N2O3. The van der Waals surface area contributed by atoms with Crippen molar-refractivity contribution >= 4 is 5.91 Å². The van der Waals surface area contributed by atoms with Crippen LogP contribution in [0.1, 0.15) is 18.4 Å². The minimum absolute atomic E-state index is 0.0749. The average molecular weight is 278 g/mol. The zero-order valence-electron chi connectivity index (χ0n) is 11.7. The molecule has 0 bridgehead atoms. The molecular weight excluding hydrogens is 256 g/mol. The van der Waals surface area contributed by atoms with E-state index in [-0.39, 0.29) is 18.4 Å². The van der Waals surface area contributed by atoms with Crippen LogP contribution in [-0.4, -0.2) is 59.4 Å². The summed E-state index contributed by atoms with van der Waals surface area (Å²) in [7, 11) is 0. The minimum atomic E-state index is -0.744. The number of aliphatic hydroxyl groups excluding tert-OH is 2. The fourth-order valence-corrected chi connectivity index (χ4v) is 2.40. The van der Waals surface area contributed by atoms with Gasteiger partial charge in [0.05, 0.1) is 18.8 Å². The lowest BCUT2D eigenvalue weighted by Gasteiger charge is -2.16. The maximum Gasteiger partial charge on any atom is 0.234 e. The van der Waals surface area contributed by atoms with Crippen LogP contribution in [0.2, 0.25) is 0 Å². The maximum atomic E-state index is 11.8. The highest BCUT2D eigenvalue weighted by molar-refractivity contribution is 5.78. The van der Waals surface area contributed by atoms with E-state index in [2.05, 4.69) is 12.2 Å². The van der Waals surface area contributed by atoms with Gasteiger partial charge in [0.1, 0.15) is 0 Å². The van der Waals surface area contributed by atoms with Crippen molar-refractivity contribution in [1.82, 2.24) is 10.2 Å². The van der Waals surface area contributed by atoms with E-state index in [0.717, 1.165) is 0 Å². The topological polar surface area (TPSA) is 72.8 Å². The molecule has 110 valence electrons. The van der Waals surface area contributed by atoms with Gasteiger partial charge in [-0.3, -0.25) is 9.69 Å². The van der Waals surface area contributed by atoms with E-state index in [9.17, 15) is 15.0 Å². The van der Waals surface area contributed by atoms with E-state index in [4.69, 9.17) is 0 Å². The first-order valence-electron chi connectivity index (χ1n) is 6.96. The lowest BCUT2D eigenvalue weighted by Crippen LogP contribution is -2.38. The van der Waals surface area contributed by atoms with Crippen LogP contribution in [0.25, 0.3) is 0 Å². The molecule has 3 atom stereocenters. The lowest BCUT2D eigenvalue weighted by atomic mass is 10.0. The van der Waals surface area contributed by atoms with Crippen molar-refractivity contribution in [3.05, 3.63) is 35.9 Å². The van der Waals surface area contributed by atoms with Gasteiger partial charge in [0.15, 0.2) is 0 Å². The zero-order chi connectivity index (χ0) is 14.5. The summed E-state index contributed by atoms with van der Waals surface area (Å²) in [6, 6.07) is 10.0. The predicted molar refractivity (Wildman–Crippen MR) is 76.3 cm³/mol. The first kappa shape index (κ1) is 15.0. The SMILES string of the molecule is CC(CNC(=O)CN1C[C@@H](O)[C@@H](O)C1)c1ccccc1. The average Bonchev–Trinajstić information content (AvgIpc) is 2.75. The van der Waals surface area contributed by atoms with Gasteiger partial charge in [0, 0.05) is 19.6 Å². The Hall–Kier alpha value is -1.43. The molecule has 1 aromatic carbocycles. The smallest absolute Gasteiger partial charge is 0.234 e. The number of β-amino-alcohol motifs (C(OH)–C–C–N with tert-alkyl or cyclic N) is 2. The number of carbonyl (C=O) groups excluding carboxylic acids is 1. The van der Waals surface area contributed by atoms with Crippen LogP contribution in [0.3, 0.4) is 0 Å². The van der Waals surface area contributed by atoms with Crippen LogP contribution in [0.5, 0.6) is 0 Å². The van der Waals surface area contributed by atoms with E-state index < -0.39 is 12.2 Å². The zero-order valence-corrected chi connectivity index (χ0v) is 11.7. The van der Waals surface area contributed by atoms with Gasteiger partial charge in [0.2, 0.25) is 5.91 Å². The third-order valence-electron chi connectivity index (χ3n) is 3.68. The molecule has 20 heavy (non-hydrogen) atoms. The fraction of sp³-hybridized carbons (Fsp3) is 0.533. The van der Waals surface area contributed by atoms with Gasteiger partial charge in [-0.1, -0.05) is 37.3 Å². The number of carbonyl (C=O) groups is 1. The van der Waals surface area contributed by atoms with Gasteiger partial charge in [-0.15, -0.1) is 0 Å². The van der Waals surface area contributed by atoms with Crippen molar-refractivity contribution in [1.29, 1.82) is 0 Å². The quantitative estimate of drug-likeness (QED) is 0.706. The molecule has 0 spiro atoms. The molecule has 1 aliphatic heterocycles. The second-order valence-corrected chi connectivity index (χ2v) is 5.44. The van der Waals surface area contributed by atoms with Crippen LogP contribution in [-0.2, 0) is 4.79 Å². The Morgan fingerprint density at radius 1 is 1.30 bits per heavy atom. The third-order valence-corrected chi connectivity index (χ3v) is 3.68. The van der Waals surface area contributed by atoms with Crippen molar-refractivity contribution in [3.8, 4) is 0 Å². The molecule has 1 unspecified atom stereocenters. The van der Waals surface area contributed by atoms with E-state index in [1.807, 2.05) is 30.3 Å². The largest absolute Gasteiger partial charge is 0.389 e. The summed E-state index contributed by atoms with van der Waals surface area (Å²) in [5, 5.41) is 21.7. The van der Waals surface area contributed by atoms with Crippen molar-refractivity contribution in [2.45, 2.75) is 25.0 Å². The second-order valence-electron chi connectivity index (χ2n) is 5.44. The van der Waals surface area contributed by atoms with Gasteiger partial charge in [-0.05, 0) is 11.5 Å². The van der Waals surface area contributed by atoms with Crippen molar-refractivity contribution in [2.24, 2.45) is 0 Å². The highest BCUT2D eigenvalue weighted by Gasteiger charge is 2.30. The normalized spacial score (nSPS) is 24.6. The number of rotatable bonds is 5. The van der Waals surface area contributed by atoms with Crippen LogP contribution < -0.4 is 5.32 Å². The standard InChI is InChI=1S/C15H22N2O3/c1-11(12-5-3-2-4-6-12)7-16-15(20)10-17-8-13(18)14(19)9-17/h2-6,11,13-14,18-19H,7-10H2,1H3,(H,16,20)/t11?,13-,14+. The van der Waals surface area contributed by atoms with Crippen LogP contribution in [0.15, 0.2) is 30.3 Å². The third kappa shape index (κ3) is 4.03. The summed E-state index contributed by atoms with van der Waals surface area (Å²) in [5.41, 5.74) is 1.19. The first-order valence-corrected chi connectivity index (χ1v) is 6.96. The van der Waals surface area contributed by atoms with Gasteiger partial charge in [-0.25, -0.2) is 0 Å². The van der Waals surface area contributed by atoms with E-state index in [1.54, 1.807) is 4.90 Å². The Labute approximate surface area is 119 Å². The molecule has 1 aliphatic rings. The molecule has 3 N–H and O–H groups in total. The number of hydrogen-bond donors (Lipinski definition) is 3. The number of benzene rings is 1. The molecule has 1 amide bonds. The van der Waals surface area contributed by atoms with Crippen molar-refractivity contribution < 1.29 is 15.0 Å². The summed E-state index contributed by atoms with van der Waals surface area (Å²) in [4.78, 5) is 13.6. The number of nitrogens with zero attached hydrogens (tertiary/aromatic N) is 1. The summed E-state index contributed by atoms with van der Waals surface area (Å²) >= 11 is 0. The molecule has 2 rings (SSSR count). The summed E-state index contributed by atoms with van der Waals surface area (Å²) in [5.74, 6) is 0.184. The summed E-state index contributed by atoms with van der Waals surface area (Å²) in [6.45, 7) is 3.57. The van der Waals surface area contributed by atoms with Crippen LogP contribution >= 0.6 is 0 Å². The van der Waals surface area contributed by atoms with Gasteiger partial charge < -0.3 is 15.5 Å². The van der Waals surface area contributed by atoms with E-state index in [1.165, 1.54) is 5.56 Å². The molecule has 0 radical (unpaired) electrons. The Morgan fingerprint density at radius 2 is 1.90 bits per heavy atom. The van der Waals surface area contributed by atoms with E-state index >= 15 is 0 Å². The summed E-state index contributed by atoms with van der Waals surface area (Å²) < 4.78 is 0. The minimum Gasteiger partial charge on any atom is -0.389 e. The second kappa shape index (κ2) is 6.83. The number of likely N-dealkylation sites (tertiary alicyclic amines) is 1. The molecule has 1 aromatic rings. The monoisotopic (exact) mass is 278 g/mol. The van der Waals surface area contributed by atoms with Gasteiger partial charge in [0.25, 0.3) is 0 Å². The molecule has 1 heterocycles. The van der Waals surface area contributed by atoms with Crippen LogP contribution in [0, 0.1) is 0 Å². The molecule has 5 heteroatoms. The Morgan fingerprint density at radius 3 is 2.50 bits per heavy atom. The Balaban J connectivity index is 1.73. The Kier molecular flexibility index (Phi) is 5.11. The lowest BCUT2D eigenvalue weighted by molar-refractivity contribution is -0.122. The number of nitrogens with one attached hydrogen (secondary N) is 1. The highest BCUT2D eigenvalue weighted by atomic mass is 16.3. The maximum absolute atomic E-state index is 11.8. The Bertz CT molecular complexity index is 428. The summed E-state index contributed by atoms with van der Waals surface area (Å²) in [6.07, 6.45) is -1.49. The molecule has 0 aliphatic carbocycles. The van der Waals surface area contributed by atoms with Crippen LogP contribution in [0.4, 0.5) is 0 Å². The van der Waals surface area contributed by atoms with Gasteiger partial charge >= 0.3 is 0 Å². The number of amides is 1. The molecule has 5 nitrogen and oxygen atoms in total. The first-order chi connectivity index (χ1) is 9.56. The highest BCUT2D eigenvalue weighted by Crippen LogP contribution is 2.13. The fourth-order valence-electron chi connectivity index (χ4n) is 2.40. The predicted octanol–water partition coefficient (Wildman–Crippen LogP) is -0.0563. The number of aliphatic hydroxyl groups is 2. The van der Waals surface area contributed by atoms with Gasteiger partial charge in [-0.2, -0.15) is 0 Å². The molecule has 0 saturated carbocycles. The molecule has 0 aromatic heterocycles. The number of hydrogen-bond acceptors (Lipinski definition) is 4. The molecule has 1 saturated heterocycles. The molecule has 1 fully saturated rings. The van der Waals surface area contributed by atoms with E-state index in [0.29, 0.717) is 19.6 Å². The van der Waals surface area contributed by atoms with Crippen molar-refractivity contribution in [2.75, 3.05) is 26.2 Å².